The highest BCUT2D eigenvalue weighted by Crippen LogP contribution is 2.46. The van der Waals surface area contributed by atoms with Crippen molar-refractivity contribution < 1.29 is 13.2 Å². The maximum atomic E-state index is 13.9. The quantitative estimate of drug-likeness (QED) is 0.861. The monoisotopic (exact) mass is 381 g/mol. The zero-order valence-corrected chi connectivity index (χ0v) is 16.0. The van der Waals surface area contributed by atoms with Crippen LogP contribution in [0.25, 0.3) is 0 Å². The molecule has 1 unspecified atom stereocenters. The number of anilines is 1. The smallest absolute Gasteiger partial charge is 0.370 e. The first-order valence-electron chi connectivity index (χ1n) is 9.72. The summed E-state index contributed by atoms with van der Waals surface area (Å²) < 4.78 is 45.4. The second kappa shape index (κ2) is 6.27. The van der Waals surface area contributed by atoms with Gasteiger partial charge >= 0.3 is 6.18 Å². The molecule has 0 amide bonds. The molecular formula is C19H26F3N5. The van der Waals surface area contributed by atoms with Crippen molar-refractivity contribution in [2.24, 2.45) is 0 Å². The lowest BCUT2D eigenvalue weighted by Crippen LogP contribution is -2.40. The number of rotatable bonds is 3. The number of aromatic nitrogens is 4. The Kier molecular flexibility index (Phi) is 4.27. The topological polar surface area (TPSA) is 47.7 Å². The number of nitrogens with one attached hydrogen (secondary N) is 1. The molecule has 4 heterocycles. The van der Waals surface area contributed by atoms with Crippen molar-refractivity contribution in [2.45, 2.75) is 77.1 Å². The van der Waals surface area contributed by atoms with Crippen LogP contribution in [0.2, 0.25) is 0 Å². The summed E-state index contributed by atoms with van der Waals surface area (Å²) in [6.07, 6.45) is 1.33. The summed E-state index contributed by atoms with van der Waals surface area (Å²) in [5.74, 6) is 1.51. The van der Waals surface area contributed by atoms with Crippen LogP contribution in [0.15, 0.2) is 6.20 Å². The Labute approximate surface area is 157 Å². The van der Waals surface area contributed by atoms with Crippen molar-refractivity contribution in [3.63, 3.8) is 0 Å². The zero-order valence-electron chi connectivity index (χ0n) is 16.0. The predicted octanol–water partition coefficient (Wildman–Crippen LogP) is 4.33. The first-order chi connectivity index (χ1) is 12.7. The van der Waals surface area contributed by atoms with E-state index in [9.17, 15) is 13.2 Å². The van der Waals surface area contributed by atoms with E-state index in [1.807, 2.05) is 29.3 Å². The van der Waals surface area contributed by atoms with E-state index in [-0.39, 0.29) is 6.04 Å². The lowest BCUT2D eigenvalue weighted by atomic mass is 9.77. The van der Waals surface area contributed by atoms with E-state index in [0.29, 0.717) is 24.5 Å². The van der Waals surface area contributed by atoms with Crippen LogP contribution in [0, 0.1) is 0 Å². The summed E-state index contributed by atoms with van der Waals surface area (Å²) in [5.41, 5.74) is -0.0493. The number of imidazole rings is 1. The average molecular weight is 381 g/mol. The third-order valence-electron chi connectivity index (χ3n) is 6.05. The molecule has 0 radical (unpaired) electrons. The zero-order chi connectivity index (χ0) is 19.4. The van der Waals surface area contributed by atoms with Crippen molar-refractivity contribution in [3.05, 3.63) is 29.0 Å². The molecular weight excluding hydrogens is 355 g/mol. The van der Waals surface area contributed by atoms with Crippen LogP contribution in [-0.2, 0) is 31.0 Å². The van der Waals surface area contributed by atoms with Gasteiger partial charge in [-0.3, -0.25) is 0 Å². The summed E-state index contributed by atoms with van der Waals surface area (Å²) in [7, 11) is 0. The van der Waals surface area contributed by atoms with Crippen LogP contribution in [0.5, 0.6) is 0 Å². The second-order valence-electron chi connectivity index (χ2n) is 8.10. The molecule has 0 aliphatic carbocycles. The Morgan fingerprint density at radius 2 is 2.04 bits per heavy atom. The molecule has 148 valence electrons. The van der Waals surface area contributed by atoms with Crippen LogP contribution >= 0.6 is 0 Å². The van der Waals surface area contributed by atoms with Crippen molar-refractivity contribution in [3.8, 4) is 0 Å². The van der Waals surface area contributed by atoms with Gasteiger partial charge in [0.1, 0.15) is 11.6 Å². The number of hydrogen-bond acceptors (Lipinski definition) is 3. The lowest BCUT2D eigenvalue weighted by molar-refractivity contribution is -0.142. The molecule has 0 bridgehead atoms. The highest BCUT2D eigenvalue weighted by molar-refractivity contribution is 5.46. The third-order valence-corrected chi connectivity index (χ3v) is 6.05. The van der Waals surface area contributed by atoms with Crippen LogP contribution in [0.1, 0.15) is 68.9 Å². The number of alkyl halides is 3. The molecule has 4 rings (SSSR count). The van der Waals surface area contributed by atoms with Crippen molar-refractivity contribution in [1.82, 2.24) is 19.3 Å². The van der Waals surface area contributed by atoms with Gasteiger partial charge in [-0.05, 0) is 25.7 Å². The van der Waals surface area contributed by atoms with Crippen LogP contribution in [0.3, 0.4) is 0 Å². The fraction of sp³-hybridized carbons (Fsp3) is 0.684. The molecule has 0 fully saturated rings. The van der Waals surface area contributed by atoms with Gasteiger partial charge in [0.05, 0.1) is 17.9 Å². The molecule has 2 aromatic heterocycles. The first kappa shape index (κ1) is 18.4. The molecule has 2 aliphatic heterocycles. The number of halogens is 3. The van der Waals surface area contributed by atoms with Gasteiger partial charge in [-0.1, -0.05) is 20.8 Å². The molecule has 2 aliphatic rings. The average Bonchev–Trinajstić information content (AvgIpc) is 3.22. The lowest BCUT2D eigenvalue weighted by Gasteiger charge is -2.40. The minimum absolute atomic E-state index is 0.155. The summed E-state index contributed by atoms with van der Waals surface area (Å²) in [5, 5.41) is 7.90. The molecule has 0 saturated carbocycles. The summed E-state index contributed by atoms with van der Waals surface area (Å²) in [6, 6.07) is -0.155. The molecule has 8 heteroatoms. The number of fused-ring (bicyclic) bond motifs is 2. The van der Waals surface area contributed by atoms with Gasteiger partial charge in [-0.2, -0.15) is 18.3 Å². The van der Waals surface area contributed by atoms with E-state index < -0.39 is 17.3 Å². The Balaban J connectivity index is 1.86. The van der Waals surface area contributed by atoms with Gasteiger partial charge in [-0.25, -0.2) is 9.67 Å². The molecule has 1 atom stereocenters. The largest absolute Gasteiger partial charge is 0.435 e. The minimum Gasteiger partial charge on any atom is -0.370 e. The Hall–Kier alpha value is -1.99. The van der Waals surface area contributed by atoms with Gasteiger partial charge in [0.25, 0.3) is 0 Å². The fourth-order valence-corrected chi connectivity index (χ4v) is 4.70. The normalized spacial score (nSPS) is 20.1. The highest BCUT2D eigenvalue weighted by Gasteiger charge is 2.48. The first-order valence-corrected chi connectivity index (χ1v) is 9.72. The highest BCUT2D eigenvalue weighted by atomic mass is 19.4. The van der Waals surface area contributed by atoms with Gasteiger partial charge in [0, 0.05) is 30.5 Å². The van der Waals surface area contributed by atoms with Crippen molar-refractivity contribution in [1.29, 1.82) is 0 Å². The van der Waals surface area contributed by atoms with E-state index >= 15 is 0 Å². The molecule has 2 aromatic rings. The van der Waals surface area contributed by atoms with Crippen LogP contribution < -0.4 is 5.32 Å². The van der Waals surface area contributed by atoms with Crippen LogP contribution in [-0.4, -0.2) is 25.9 Å². The molecule has 0 aromatic carbocycles. The van der Waals surface area contributed by atoms with Crippen LogP contribution in [0.4, 0.5) is 19.0 Å². The van der Waals surface area contributed by atoms with E-state index in [4.69, 9.17) is 0 Å². The van der Waals surface area contributed by atoms with Crippen molar-refractivity contribution in [2.75, 3.05) is 11.9 Å². The van der Waals surface area contributed by atoms with Gasteiger partial charge in [0.15, 0.2) is 5.69 Å². The minimum atomic E-state index is -4.45. The van der Waals surface area contributed by atoms with E-state index in [2.05, 4.69) is 22.3 Å². The van der Waals surface area contributed by atoms with Gasteiger partial charge < -0.3 is 9.88 Å². The Bertz CT molecular complexity index is 846. The molecule has 0 spiro atoms. The van der Waals surface area contributed by atoms with Gasteiger partial charge in [0.2, 0.25) is 0 Å². The molecule has 5 nitrogen and oxygen atoms in total. The second-order valence-corrected chi connectivity index (χ2v) is 8.10. The third kappa shape index (κ3) is 2.84. The van der Waals surface area contributed by atoms with E-state index in [0.717, 1.165) is 43.6 Å². The summed E-state index contributed by atoms with van der Waals surface area (Å²) in [6.45, 7) is 7.22. The maximum Gasteiger partial charge on any atom is 0.435 e. The number of aryl methyl sites for hydroxylation is 2. The van der Waals surface area contributed by atoms with E-state index in [1.54, 1.807) is 0 Å². The van der Waals surface area contributed by atoms with Gasteiger partial charge in [-0.15, -0.1) is 0 Å². The fourth-order valence-electron chi connectivity index (χ4n) is 4.70. The SMILES string of the molecule is CCc1cnn2c1NCCC2C(C)(C)c1c(C(F)(F)F)nc2n1CCCC2. The maximum absolute atomic E-state index is 13.9. The number of hydrogen-bond donors (Lipinski definition) is 1. The summed E-state index contributed by atoms with van der Waals surface area (Å²) in [4.78, 5) is 4.05. The molecule has 27 heavy (non-hydrogen) atoms. The standard InChI is InChI=1S/C19H26F3N5/c1-4-12-11-24-27-13(8-9-23-17(12)27)18(2,3)16-15(19(20,21)22)25-14-7-5-6-10-26(14)16/h11,13,23H,4-10H2,1-3H3. The predicted molar refractivity (Wildman–Crippen MR) is 96.9 cm³/mol. The molecule has 0 saturated heterocycles. The Morgan fingerprint density at radius 3 is 2.74 bits per heavy atom. The van der Waals surface area contributed by atoms with Crippen molar-refractivity contribution >= 4 is 5.82 Å². The summed E-state index contributed by atoms with van der Waals surface area (Å²) >= 11 is 0. The molecule has 1 N–H and O–H groups in total. The number of nitrogens with zero attached hydrogens (tertiary/aromatic N) is 4. The Morgan fingerprint density at radius 1 is 1.26 bits per heavy atom. The van der Waals surface area contributed by atoms with E-state index in [1.165, 1.54) is 0 Å².